The molecule has 2 aromatic carbocycles. The minimum absolute atomic E-state index is 0.446. The first-order chi connectivity index (χ1) is 13.1. The predicted molar refractivity (Wildman–Crippen MR) is 109 cm³/mol. The minimum Gasteiger partial charge on any atom is -0.497 e. The van der Waals surface area contributed by atoms with Crippen molar-refractivity contribution in [3.63, 3.8) is 0 Å². The fraction of sp³-hybridized carbons (Fsp3) is 0.381. The molecular weight excluding hydrogens is 360 g/mol. The lowest BCUT2D eigenvalue weighted by molar-refractivity contribution is -0.656. The summed E-state index contributed by atoms with van der Waals surface area (Å²) in [6.07, 6.45) is 1.05. The lowest BCUT2D eigenvalue weighted by atomic mass is 10.0. The fourth-order valence-corrected chi connectivity index (χ4v) is 4.94. The Labute approximate surface area is 164 Å². The van der Waals surface area contributed by atoms with Crippen LogP contribution in [0.1, 0.15) is 17.5 Å². The number of aliphatic hydroxyl groups is 1. The monoisotopic (exact) mass is 385 g/mol. The topological polar surface area (TPSA) is 44.9 Å². The molecule has 1 N–H and O–H groups in total. The summed E-state index contributed by atoms with van der Waals surface area (Å²) in [7, 11) is 3.33. The number of amidine groups is 1. The van der Waals surface area contributed by atoms with E-state index in [0.29, 0.717) is 6.54 Å². The van der Waals surface area contributed by atoms with Crippen molar-refractivity contribution >= 4 is 22.6 Å². The fourth-order valence-electron chi connectivity index (χ4n) is 3.76. The molecule has 0 spiro atoms. The summed E-state index contributed by atoms with van der Waals surface area (Å²) in [6, 6.07) is 13.9. The molecule has 0 bridgehead atoms. The number of nitrogens with zero attached hydrogens (tertiary/aromatic N) is 2. The van der Waals surface area contributed by atoms with Crippen molar-refractivity contribution in [1.82, 2.24) is 0 Å². The van der Waals surface area contributed by atoms with Gasteiger partial charge in [-0.05, 0) is 37.2 Å². The van der Waals surface area contributed by atoms with Crippen molar-refractivity contribution in [2.45, 2.75) is 19.1 Å². The quantitative estimate of drug-likeness (QED) is 0.819. The molecular formula is C21H25N2O3S+. The number of methoxy groups -OCH3 is 2. The van der Waals surface area contributed by atoms with E-state index < -0.39 is 5.72 Å². The lowest BCUT2D eigenvalue weighted by Crippen LogP contribution is -2.41. The Hall–Kier alpha value is -2.18. The molecule has 0 fully saturated rings. The molecule has 2 heterocycles. The van der Waals surface area contributed by atoms with Gasteiger partial charge in [0.2, 0.25) is 0 Å². The lowest BCUT2D eigenvalue weighted by Gasteiger charge is -2.24. The van der Waals surface area contributed by atoms with Gasteiger partial charge < -0.3 is 14.6 Å². The van der Waals surface area contributed by atoms with Crippen LogP contribution in [0.15, 0.2) is 42.5 Å². The summed E-state index contributed by atoms with van der Waals surface area (Å²) in [4.78, 5) is 2.16. The number of benzene rings is 2. The Bertz CT molecular complexity index is 881. The highest BCUT2D eigenvalue weighted by Crippen LogP contribution is 2.41. The van der Waals surface area contributed by atoms with Crippen LogP contribution >= 0.6 is 11.8 Å². The van der Waals surface area contributed by atoms with E-state index in [9.17, 15) is 5.11 Å². The zero-order valence-electron chi connectivity index (χ0n) is 15.9. The Morgan fingerprint density at radius 3 is 2.59 bits per heavy atom. The number of β-amino-alcohol motifs (C(OH)–C–C–N with tert-alkyl or cyclic N) is 1. The Morgan fingerprint density at radius 1 is 1.11 bits per heavy atom. The van der Waals surface area contributed by atoms with Gasteiger partial charge in [0.1, 0.15) is 5.75 Å². The van der Waals surface area contributed by atoms with Crippen LogP contribution in [0.2, 0.25) is 0 Å². The van der Waals surface area contributed by atoms with Crippen molar-refractivity contribution in [1.29, 1.82) is 0 Å². The maximum Gasteiger partial charge on any atom is 0.316 e. The van der Waals surface area contributed by atoms with Crippen LogP contribution in [-0.4, -0.2) is 47.9 Å². The van der Waals surface area contributed by atoms with Crippen molar-refractivity contribution in [3.05, 3.63) is 53.6 Å². The second-order valence-corrected chi connectivity index (χ2v) is 8.00. The maximum absolute atomic E-state index is 11.7. The Kier molecular flexibility index (Phi) is 4.78. The number of ether oxygens (including phenoxy) is 2. The molecule has 0 amide bonds. The van der Waals surface area contributed by atoms with Crippen LogP contribution in [0.3, 0.4) is 0 Å². The molecule has 0 aromatic heterocycles. The van der Waals surface area contributed by atoms with Gasteiger partial charge in [-0.15, -0.1) is 0 Å². The molecule has 0 saturated carbocycles. The standard InChI is InChI=1S/C21H25N2O3S/c1-15-5-7-16(8-6-15)21(24)14-22(20-23(21)11-4-12-27-20)18-13-17(25-2)9-10-19(18)26-3/h5-10,13,24H,4,11-12,14H2,1-3H3/q+1/t21-/m1/s1. The van der Waals surface area contributed by atoms with Crippen molar-refractivity contribution in [2.75, 3.05) is 38.0 Å². The molecule has 0 radical (unpaired) electrons. The van der Waals surface area contributed by atoms with Gasteiger partial charge in [-0.3, -0.25) is 0 Å². The minimum atomic E-state index is -1.06. The maximum atomic E-state index is 11.7. The number of anilines is 1. The molecule has 0 saturated heterocycles. The third-order valence-corrected chi connectivity index (χ3v) is 6.43. The predicted octanol–water partition coefficient (Wildman–Crippen LogP) is 3.18. The van der Waals surface area contributed by atoms with Crippen molar-refractivity contribution in [2.24, 2.45) is 0 Å². The summed E-state index contributed by atoms with van der Waals surface area (Å²) in [5.41, 5.74) is 1.94. The van der Waals surface area contributed by atoms with E-state index in [1.165, 1.54) is 5.56 Å². The number of thioether (sulfide) groups is 1. The van der Waals surface area contributed by atoms with E-state index >= 15 is 0 Å². The van der Waals surface area contributed by atoms with Crippen LogP contribution in [-0.2, 0) is 5.72 Å². The third-order valence-electron chi connectivity index (χ3n) is 5.23. The van der Waals surface area contributed by atoms with E-state index in [4.69, 9.17) is 9.47 Å². The zero-order chi connectivity index (χ0) is 19.0. The summed E-state index contributed by atoms with van der Waals surface area (Å²) < 4.78 is 13.2. The van der Waals surface area contributed by atoms with Crippen LogP contribution in [0.5, 0.6) is 11.5 Å². The first kappa shape index (κ1) is 18.2. The largest absolute Gasteiger partial charge is 0.497 e. The number of hydrogen-bond donors (Lipinski definition) is 1. The van der Waals surface area contributed by atoms with E-state index in [1.807, 2.05) is 30.3 Å². The van der Waals surface area contributed by atoms with Crippen LogP contribution in [0.4, 0.5) is 5.69 Å². The molecule has 142 valence electrons. The molecule has 6 heteroatoms. The van der Waals surface area contributed by atoms with E-state index in [1.54, 1.807) is 26.0 Å². The second-order valence-electron chi connectivity index (χ2n) is 6.94. The van der Waals surface area contributed by atoms with Crippen LogP contribution in [0, 0.1) is 6.92 Å². The highest BCUT2D eigenvalue weighted by atomic mass is 32.2. The summed E-state index contributed by atoms with van der Waals surface area (Å²) >= 11 is 1.78. The van der Waals surface area contributed by atoms with Crippen LogP contribution < -0.4 is 14.4 Å². The van der Waals surface area contributed by atoms with E-state index in [0.717, 1.165) is 46.6 Å². The van der Waals surface area contributed by atoms with Crippen molar-refractivity contribution < 1.29 is 19.2 Å². The third kappa shape index (κ3) is 3.07. The average Bonchev–Trinajstić information content (AvgIpc) is 3.02. The molecule has 27 heavy (non-hydrogen) atoms. The first-order valence-electron chi connectivity index (χ1n) is 9.13. The Balaban J connectivity index is 1.82. The second kappa shape index (κ2) is 7.09. The SMILES string of the molecule is COc1ccc(OC)c(N2C[C@@](O)(c3ccc(C)cc3)[N+]3=C2SCCC3)c1. The van der Waals surface area contributed by atoms with E-state index in [-0.39, 0.29) is 0 Å². The van der Waals surface area contributed by atoms with Gasteiger partial charge in [-0.25, -0.2) is 9.48 Å². The molecule has 0 aliphatic carbocycles. The molecule has 2 aliphatic heterocycles. The van der Waals surface area contributed by atoms with Gasteiger partial charge in [0.25, 0.3) is 5.72 Å². The van der Waals surface area contributed by atoms with Gasteiger partial charge in [0, 0.05) is 17.4 Å². The van der Waals surface area contributed by atoms with Crippen molar-refractivity contribution in [3.8, 4) is 11.5 Å². The number of aryl methyl sites for hydroxylation is 1. The van der Waals surface area contributed by atoms with E-state index in [2.05, 4.69) is 28.5 Å². The number of rotatable bonds is 4. The Morgan fingerprint density at radius 2 is 1.89 bits per heavy atom. The molecule has 5 nitrogen and oxygen atoms in total. The van der Waals surface area contributed by atoms with Gasteiger partial charge >= 0.3 is 5.17 Å². The normalized spacial score (nSPS) is 22.0. The molecule has 2 aromatic rings. The molecule has 2 aliphatic rings. The van der Waals surface area contributed by atoms with Gasteiger partial charge in [0.15, 0.2) is 18.0 Å². The highest BCUT2D eigenvalue weighted by molar-refractivity contribution is 8.13. The van der Waals surface area contributed by atoms with Gasteiger partial charge in [-0.1, -0.05) is 29.8 Å². The molecule has 1 atom stereocenters. The van der Waals surface area contributed by atoms with Gasteiger partial charge in [0.05, 0.1) is 20.8 Å². The number of hydrogen-bond acceptors (Lipinski definition) is 5. The highest BCUT2D eigenvalue weighted by Gasteiger charge is 2.53. The first-order valence-corrected chi connectivity index (χ1v) is 10.1. The smallest absolute Gasteiger partial charge is 0.316 e. The zero-order valence-corrected chi connectivity index (χ0v) is 16.8. The molecule has 0 unspecified atom stereocenters. The molecule has 4 rings (SSSR count). The van der Waals surface area contributed by atoms with Gasteiger partial charge in [-0.2, -0.15) is 0 Å². The summed E-state index contributed by atoms with van der Waals surface area (Å²) in [5, 5.41) is 12.8. The summed E-state index contributed by atoms with van der Waals surface area (Å²) in [6.45, 7) is 3.33. The summed E-state index contributed by atoms with van der Waals surface area (Å²) in [5.74, 6) is 2.57. The average molecular weight is 386 g/mol. The van der Waals surface area contributed by atoms with Crippen LogP contribution in [0.25, 0.3) is 0 Å².